The molecular formula is C32H48ClN5O9SSi2. The summed E-state index contributed by atoms with van der Waals surface area (Å²) in [7, 11) is -10.0. The maximum Gasteiger partial charge on any atom is 0.335 e. The molecule has 3 unspecified atom stereocenters. The van der Waals surface area contributed by atoms with Gasteiger partial charge in [0.15, 0.2) is 17.0 Å². The Bertz CT molecular complexity index is 1780. The topological polar surface area (TPSA) is 173 Å². The molecule has 2 aliphatic heterocycles. The normalized spacial score (nSPS) is 25.3. The molecule has 0 aliphatic carbocycles. The van der Waals surface area contributed by atoms with Crippen LogP contribution in [0.1, 0.15) is 78.4 Å². The van der Waals surface area contributed by atoms with Crippen LogP contribution in [-0.4, -0.2) is 93.4 Å². The third-order valence-electron chi connectivity index (χ3n) is 9.58. The van der Waals surface area contributed by atoms with E-state index in [0.717, 1.165) is 6.26 Å². The zero-order valence-corrected chi connectivity index (χ0v) is 33.5. The SMILES string of the molecule is CC(C)[Si]1(C(C)C)OCC2OC(n3cnc4c(Cl)nc(NC(=O)c5ccccc5)nc43)[C@@](O)(CCOS(C)(=O)=O)C2O[Si](C(C)C)(C(C)C)O1. The number of fused-ring (bicyclic) bond motifs is 2. The molecule has 2 aliphatic rings. The summed E-state index contributed by atoms with van der Waals surface area (Å²) in [5.41, 5.74) is -1.11. The van der Waals surface area contributed by atoms with Crippen LogP contribution in [0.2, 0.25) is 27.3 Å². The summed E-state index contributed by atoms with van der Waals surface area (Å²) >= 11 is 6.56. The van der Waals surface area contributed by atoms with Gasteiger partial charge in [-0.25, -0.2) is 4.98 Å². The number of aromatic nitrogens is 4. The number of nitrogens with one attached hydrogen (secondary N) is 1. The van der Waals surface area contributed by atoms with Gasteiger partial charge in [0.1, 0.15) is 23.3 Å². The Morgan fingerprint density at radius 2 is 1.68 bits per heavy atom. The molecule has 50 heavy (non-hydrogen) atoms. The minimum absolute atomic E-state index is 0.0336. The molecule has 276 valence electrons. The predicted molar refractivity (Wildman–Crippen MR) is 193 cm³/mol. The highest BCUT2D eigenvalue weighted by molar-refractivity contribution is 7.85. The molecule has 4 atom stereocenters. The first-order valence-corrected chi connectivity index (χ1v) is 23.0. The minimum Gasteiger partial charge on any atom is -0.414 e. The van der Waals surface area contributed by atoms with Crippen molar-refractivity contribution in [3.05, 3.63) is 47.4 Å². The van der Waals surface area contributed by atoms with Gasteiger partial charge in [0.25, 0.3) is 16.0 Å². The van der Waals surface area contributed by atoms with Gasteiger partial charge in [0.2, 0.25) is 5.95 Å². The maximum atomic E-state index is 13.0. The van der Waals surface area contributed by atoms with E-state index in [9.17, 15) is 18.3 Å². The van der Waals surface area contributed by atoms with Crippen LogP contribution in [0.4, 0.5) is 5.95 Å². The molecule has 1 amide bonds. The van der Waals surface area contributed by atoms with Crippen molar-refractivity contribution in [2.45, 2.75) is 108 Å². The molecule has 4 heterocycles. The van der Waals surface area contributed by atoms with Gasteiger partial charge >= 0.3 is 17.1 Å². The van der Waals surface area contributed by atoms with Crippen LogP contribution in [0, 0.1) is 0 Å². The number of halogens is 1. The molecule has 18 heteroatoms. The van der Waals surface area contributed by atoms with Crippen LogP contribution in [0.25, 0.3) is 11.2 Å². The molecule has 0 spiro atoms. The number of nitrogens with zero attached hydrogens (tertiary/aromatic N) is 4. The maximum absolute atomic E-state index is 13.0. The summed E-state index contributed by atoms with van der Waals surface area (Å²) in [5, 5.41) is 15.5. The fraction of sp³-hybridized carbons (Fsp3) is 0.625. The molecule has 3 aromatic rings. The number of aliphatic hydroxyl groups is 1. The van der Waals surface area contributed by atoms with E-state index in [-0.39, 0.29) is 64.1 Å². The molecule has 2 fully saturated rings. The second-order valence-corrected chi connectivity index (χ2v) is 25.1. The largest absolute Gasteiger partial charge is 0.414 e. The Morgan fingerprint density at radius 3 is 2.26 bits per heavy atom. The lowest BCUT2D eigenvalue weighted by Crippen LogP contribution is -2.67. The second kappa shape index (κ2) is 14.6. The van der Waals surface area contributed by atoms with Gasteiger partial charge < -0.3 is 22.8 Å². The average molecular weight is 770 g/mol. The lowest BCUT2D eigenvalue weighted by molar-refractivity contribution is -0.115. The third kappa shape index (κ3) is 7.31. The van der Waals surface area contributed by atoms with Crippen LogP contribution in [0.5, 0.6) is 0 Å². The number of amides is 1. The highest BCUT2D eigenvalue weighted by Crippen LogP contribution is 2.52. The molecule has 0 saturated carbocycles. The van der Waals surface area contributed by atoms with Crippen LogP contribution < -0.4 is 5.32 Å². The Morgan fingerprint density at radius 1 is 1.06 bits per heavy atom. The van der Waals surface area contributed by atoms with Crippen LogP contribution in [0.15, 0.2) is 36.7 Å². The molecule has 2 saturated heterocycles. The van der Waals surface area contributed by atoms with Crippen LogP contribution in [0.3, 0.4) is 0 Å². The smallest absolute Gasteiger partial charge is 0.335 e. The van der Waals surface area contributed by atoms with E-state index in [1.165, 1.54) is 10.9 Å². The van der Waals surface area contributed by atoms with Crippen molar-refractivity contribution in [2.75, 3.05) is 24.8 Å². The Kier molecular flexibility index (Phi) is 11.4. The van der Waals surface area contributed by atoms with Crippen molar-refractivity contribution in [3.63, 3.8) is 0 Å². The van der Waals surface area contributed by atoms with E-state index >= 15 is 0 Å². The minimum atomic E-state index is -3.85. The standard InChI is InChI=1S/C32H48ClN5O9SSi2/c1-19(2)49(20(3)4)44-17-24-26(46-50(47-49,21(5)6)22(7)8)32(40,15-16-43-48(9,41)42)30(45-24)38-18-34-25-27(33)35-31(36-28(25)38)37-29(39)23-13-11-10-12-14-23/h10-14,18-22,24,26,30,40H,15-17H2,1-9H3,(H,35,36,37,39)/t24?,26?,30?,32-/m1/s1. The van der Waals surface area contributed by atoms with Crippen molar-refractivity contribution in [1.29, 1.82) is 0 Å². The summed E-state index contributed by atoms with van der Waals surface area (Å²) in [4.78, 5) is 26.2. The molecule has 14 nitrogen and oxygen atoms in total. The van der Waals surface area contributed by atoms with Gasteiger partial charge in [0, 0.05) is 12.0 Å². The van der Waals surface area contributed by atoms with Crippen molar-refractivity contribution >= 4 is 61.9 Å². The number of ether oxygens (including phenoxy) is 1. The van der Waals surface area contributed by atoms with Gasteiger partial charge in [-0.1, -0.05) is 85.2 Å². The number of carbonyl (C=O) groups excluding carboxylic acids is 1. The molecule has 5 rings (SSSR count). The fourth-order valence-electron chi connectivity index (χ4n) is 7.05. The quantitative estimate of drug-likeness (QED) is 0.139. The van der Waals surface area contributed by atoms with E-state index < -0.39 is 57.2 Å². The van der Waals surface area contributed by atoms with E-state index in [1.807, 2.05) is 0 Å². The third-order valence-corrected chi connectivity index (χ3v) is 20.7. The summed E-state index contributed by atoms with van der Waals surface area (Å²) < 4.78 is 58.9. The van der Waals surface area contributed by atoms with E-state index in [4.69, 9.17) is 33.5 Å². The number of imidazole rings is 1. The lowest BCUT2D eigenvalue weighted by atomic mass is 9.90. The van der Waals surface area contributed by atoms with E-state index in [1.54, 1.807) is 30.3 Å². The average Bonchev–Trinajstić information content (AvgIpc) is 3.54. The number of rotatable bonds is 11. The van der Waals surface area contributed by atoms with Crippen molar-refractivity contribution in [1.82, 2.24) is 19.5 Å². The zero-order valence-electron chi connectivity index (χ0n) is 29.9. The molecule has 1 aromatic carbocycles. The second-order valence-electron chi connectivity index (χ2n) is 14.3. The zero-order chi connectivity index (χ0) is 36.8. The highest BCUT2D eigenvalue weighted by Gasteiger charge is 2.65. The molecular weight excluding hydrogens is 722 g/mol. The summed E-state index contributed by atoms with van der Waals surface area (Å²) in [6.07, 6.45) is -0.898. The van der Waals surface area contributed by atoms with Gasteiger partial charge in [-0.3, -0.25) is 18.9 Å². The van der Waals surface area contributed by atoms with Crippen molar-refractivity contribution in [3.8, 4) is 0 Å². The van der Waals surface area contributed by atoms with Gasteiger partial charge in [0.05, 0.1) is 25.8 Å². The van der Waals surface area contributed by atoms with Crippen molar-refractivity contribution in [2.24, 2.45) is 0 Å². The molecule has 0 bridgehead atoms. The Hall–Kier alpha value is -2.33. The summed E-state index contributed by atoms with van der Waals surface area (Å²) in [6.45, 7) is 16.4. The first-order valence-electron chi connectivity index (χ1n) is 16.8. The first-order chi connectivity index (χ1) is 23.3. The monoisotopic (exact) mass is 769 g/mol. The number of carbonyl (C=O) groups is 1. The predicted octanol–water partition coefficient (Wildman–Crippen LogP) is 5.68. The fourth-order valence-corrected chi connectivity index (χ4v) is 18.9. The number of benzene rings is 1. The summed E-state index contributed by atoms with van der Waals surface area (Å²) in [5.74, 6) is -0.538. The van der Waals surface area contributed by atoms with Crippen LogP contribution >= 0.6 is 11.6 Å². The number of hydrogen-bond donors (Lipinski definition) is 2. The lowest BCUT2D eigenvalue weighted by Gasteiger charge is -2.52. The molecule has 2 N–H and O–H groups in total. The van der Waals surface area contributed by atoms with E-state index in [2.05, 4.69) is 75.7 Å². The van der Waals surface area contributed by atoms with Crippen LogP contribution in [-0.2, 0) is 32.0 Å². The Labute approximate surface area is 300 Å². The Balaban J connectivity index is 1.63. The first kappa shape index (κ1) is 38.9. The van der Waals surface area contributed by atoms with Gasteiger partial charge in [-0.15, -0.1) is 0 Å². The van der Waals surface area contributed by atoms with Gasteiger partial charge in [-0.05, 0) is 34.3 Å². The van der Waals surface area contributed by atoms with Gasteiger partial charge in [-0.2, -0.15) is 18.4 Å². The van der Waals surface area contributed by atoms with E-state index in [0.29, 0.717) is 5.56 Å². The number of anilines is 1. The highest BCUT2D eigenvalue weighted by atomic mass is 35.5. The number of hydrogen-bond acceptors (Lipinski definition) is 12. The van der Waals surface area contributed by atoms with Crippen molar-refractivity contribution < 1.29 is 40.2 Å². The summed E-state index contributed by atoms with van der Waals surface area (Å²) in [6, 6.07) is 8.56. The molecule has 2 aromatic heterocycles. The molecule has 0 radical (unpaired) electrons.